The van der Waals surface area contributed by atoms with Gasteiger partial charge in [-0.25, -0.2) is 0 Å². The zero-order valence-corrected chi connectivity index (χ0v) is 9.87. The Kier molecular flexibility index (Phi) is 8.13. The molecule has 0 amide bonds. The molecule has 90 valence electrons. The summed E-state index contributed by atoms with van der Waals surface area (Å²) in [5, 5.41) is 0. The van der Waals surface area contributed by atoms with Crippen molar-refractivity contribution >= 4 is 0 Å². The number of hydrogen-bond donors (Lipinski definition) is 0. The van der Waals surface area contributed by atoms with Gasteiger partial charge < -0.3 is 0 Å². The molecule has 0 aliphatic heterocycles. The Morgan fingerprint density at radius 2 is 0.500 bits per heavy atom. The molecule has 0 saturated heterocycles. The van der Waals surface area contributed by atoms with E-state index in [4.69, 9.17) is 0 Å². The van der Waals surface area contributed by atoms with Crippen LogP contribution in [-0.2, 0) is 0 Å². The van der Waals surface area contributed by atoms with Crippen molar-refractivity contribution in [2.75, 3.05) is 0 Å². The van der Waals surface area contributed by atoms with Crippen molar-refractivity contribution in [3.63, 3.8) is 0 Å². The summed E-state index contributed by atoms with van der Waals surface area (Å²) in [6, 6.07) is 10.7. The van der Waals surface area contributed by atoms with Gasteiger partial charge in [-0.15, -0.1) is 0 Å². The Bertz CT molecular complexity index is 305. The quantitative estimate of drug-likeness (QED) is 0.697. The van der Waals surface area contributed by atoms with E-state index in [1.165, 1.54) is 0 Å². The predicted octanol–water partition coefficient (Wildman–Crippen LogP) is 2.64. The molecule has 0 aromatic carbocycles. The molecule has 0 aliphatic rings. The standard InChI is InChI=1S/C14H14N4/c1-2-8-16-12-6-14-18-10-4-3-9-17-13-5-11-15-7-1/h1-14H. The third-order valence-corrected chi connectivity index (χ3v) is 1.60. The molecule has 0 fully saturated rings. The highest BCUT2D eigenvalue weighted by Crippen LogP contribution is 1.72. The third-order valence-electron chi connectivity index (χ3n) is 1.60. The Morgan fingerprint density at radius 1 is 0.278 bits per heavy atom. The Morgan fingerprint density at radius 3 is 0.778 bits per heavy atom. The minimum absolute atomic E-state index is 1.65. The second-order valence-corrected chi connectivity index (χ2v) is 2.94. The van der Waals surface area contributed by atoms with Gasteiger partial charge in [-0.05, 0) is 36.4 Å². The van der Waals surface area contributed by atoms with E-state index < -0.39 is 0 Å². The summed E-state index contributed by atoms with van der Waals surface area (Å²) < 4.78 is 0. The van der Waals surface area contributed by atoms with Crippen molar-refractivity contribution in [3.05, 3.63) is 86.0 Å². The lowest BCUT2D eigenvalue weighted by molar-refractivity contribution is 1.29. The summed E-state index contributed by atoms with van der Waals surface area (Å²) in [6.45, 7) is 0. The summed E-state index contributed by atoms with van der Waals surface area (Å²) in [4.78, 5) is 16.0. The molecule has 0 saturated carbocycles. The van der Waals surface area contributed by atoms with Gasteiger partial charge >= 0.3 is 0 Å². The van der Waals surface area contributed by atoms with Gasteiger partial charge in [0.05, 0.1) is 0 Å². The first-order chi connectivity index (χ1) is 9.00. The lowest BCUT2D eigenvalue weighted by atomic mass is 10.6. The molecule has 4 nitrogen and oxygen atoms in total. The number of nitrogens with zero attached hydrogens (tertiary/aromatic N) is 4. The second-order valence-electron chi connectivity index (χ2n) is 2.94. The highest BCUT2D eigenvalue weighted by atomic mass is 14.6. The first-order valence-corrected chi connectivity index (χ1v) is 5.40. The predicted molar refractivity (Wildman–Crippen MR) is 70.5 cm³/mol. The van der Waals surface area contributed by atoms with E-state index in [2.05, 4.69) is 19.9 Å². The van der Waals surface area contributed by atoms with E-state index in [1.807, 2.05) is 0 Å². The van der Waals surface area contributed by atoms with Gasteiger partial charge in [0.2, 0.25) is 0 Å². The number of rotatable bonds is 0. The lowest BCUT2D eigenvalue weighted by Crippen LogP contribution is -1.61. The minimum Gasteiger partial charge on any atom is -0.265 e. The SMILES string of the molecule is c1ccncccnccccncccnc1. The normalized spacial score (nSPS) is 8.00. The van der Waals surface area contributed by atoms with Crippen molar-refractivity contribution < 1.29 is 0 Å². The molecule has 4 heteroatoms. The molecule has 0 N–H and O–H groups in total. The molecule has 0 unspecified atom stereocenters. The maximum atomic E-state index is 4.01. The van der Waals surface area contributed by atoms with Crippen LogP contribution in [-0.4, -0.2) is 19.9 Å². The molecular formula is C14H14N4. The topological polar surface area (TPSA) is 51.6 Å². The molecule has 1 aromatic rings. The fourth-order valence-electron chi connectivity index (χ4n) is 0.872. The largest absolute Gasteiger partial charge is 0.265 e. The van der Waals surface area contributed by atoms with Crippen molar-refractivity contribution in [2.45, 2.75) is 0 Å². The van der Waals surface area contributed by atoms with E-state index >= 15 is 0 Å². The van der Waals surface area contributed by atoms with E-state index in [0.717, 1.165) is 0 Å². The highest BCUT2D eigenvalue weighted by molar-refractivity contribution is 4.84. The molecule has 0 spiro atoms. The zero-order chi connectivity index (χ0) is 12.7. The monoisotopic (exact) mass is 238 g/mol. The number of hydrogen-bond acceptors (Lipinski definition) is 4. The zero-order valence-electron chi connectivity index (χ0n) is 9.87. The summed E-state index contributed by atoms with van der Waals surface area (Å²) in [5.41, 5.74) is 0. The van der Waals surface area contributed by atoms with Gasteiger partial charge in [0.25, 0.3) is 0 Å². The maximum absolute atomic E-state index is 4.01. The van der Waals surface area contributed by atoms with E-state index in [0.29, 0.717) is 0 Å². The smallest absolute Gasteiger partial charge is 0.0283 e. The Hall–Kier alpha value is -2.62. The second kappa shape index (κ2) is 10.9. The van der Waals surface area contributed by atoms with E-state index in [1.54, 1.807) is 86.0 Å². The van der Waals surface area contributed by atoms with Crippen LogP contribution in [0.4, 0.5) is 0 Å². The Labute approximate surface area is 106 Å². The lowest BCUT2D eigenvalue weighted by Gasteiger charge is -1.70. The summed E-state index contributed by atoms with van der Waals surface area (Å²) in [6.07, 6.45) is 13.3. The fraction of sp³-hybridized carbons (Fsp3) is 0. The van der Waals surface area contributed by atoms with Crippen molar-refractivity contribution in [2.24, 2.45) is 0 Å². The fourth-order valence-corrected chi connectivity index (χ4v) is 0.872. The molecule has 1 aromatic heterocycles. The molecule has 18 heavy (non-hydrogen) atoms. The average Bonchev–Trinajstić information content (AvgIpc) is 2.39. The maximum Gasteiger partial charge on any atom is 0.0283 e. The molecular weight excluding hydrogens is 224 g/mol. The molecule has 0 aliphatic carbocycles. The van der Waals surface area contributed by atoms with Gasteiger partial charge in [-0.2, -0.15) is 0 Å². The van der Waals surface area contributed by atoms with E-state index in [-0.39, 0.29) is 0 Å². The minimum atomic E-state index is 1.65. The van der Waals surface area contributed by atoms with Gasteiger partial charge in [-0.3, -0.25) is 19.9 Å². The number of aromatic nitrogens is 4. The van der Waals surface area contributed by atoms with Crippen LogP contribution in [0.2, 0.25) is 0 Å². The van der Waals surface area contributed by atoms with Crippen LogP contribution in [0.5, 0.6) is 0 Å². The first kappa shape index (κ1) is 13.4. The Balaban J connectivity index is 3.00. The molecule has 1 heterocycles. The van der Waals surface area contributed by atoms with Gasteiger partial charge in [0.15, 0.2) is 0 Å². The molecule has 0 atom stereocenters. The summed E-state index contributed by atoms with van der Waals surface area (Å²) in [7, 11) is 0. The van der Waals surface area contributed by atoms with Crippen LogP contribution >= 0.6 is 0 Å². The van der Waals surface area contributed by atoms with Crippen LogP contribution in [0.15, 0.2) is 86.0 Å². The van der Waals surface area contributed by atoms with Crippen LogP contribution in [0.3, 0.4) is 0 Å². The van der Waals surface area contributed by atoms with E-state index in [9.17, 15) is 0 Å². The first-order valence-electron chi connectivity index (χ1n) is 5.40. The van der Waals surface area contributed by atoms with Gasteiger partial charge in [0.1, 0.15) is 0 Å². The van der Waals surface area contributed by atoms with Crippen LogP contribution < -0.4 is 0 Å². The summed E-state index contributed by atoms with van der Waals surface area (Å²) in [5.74, 6) is 0. The summed E-state index contributed by atoms with van der Waals surface area (Å²) >= 11 is 0. The molecule has 0 radical (unpaired) electrons. The van der Waals surface area contributed by atoms with Gasteiger partial charge in [-0.1, -0.05) is 0 Å². The van der Waals surface area contributed by atoms with Crippen molar-refractivity contribution in [1.82, 2.24) is 19.9 Å². The van der Waals surface area contributed by atoms with Crippen LogP contribution in [0.1, 0.15) is 0 Å². The molecule has 0 bridgehead atoms. The highest BCUT2D eigenvalue weighted by Gasteiger charge is 1.59. The molecule has 1 rings (SSSR count). The average molecular weight is 238 g/mol. The van der Waals surface area contributed by atoms with Crippen molar-refractivity contribution in [3.8, 4) is 0 Å². The third kappa shape index (κ3) is 8.67. The van der Waals surface area contributed by atoms with Crippen molar-refractivity contribution in [1.29, 1.82) is 0 Å². The van der Waals surface area contributed by atoms with Crippen LogP contribution in [0.25, 0.3) is 0 Å². The van der Waals surface area contributed by atoms with Crippen LogP contribution in [0, 0.1) is 0 Å². The van der Waals surface area contributed by atoms with Gasteiger partial charge in [0, 0.05) is 49.6 Å².